The molecule has 0 radical (unpaired) electrons. The minimum atomic E-state index is -0.406. The SMILES string of the molecule is CC(Nc1ccc(Cl)c(F)c1)c1ccccc1. The average Bonchev–Trinajstić information content (AvgIpc) is 2.35. The first kappa shape index (κ1) is 11.9. The van der Waals surface area contributed by atoms with Crippen LogP contribution in [0.3, 0.4) is 0 Å². The number of anilines is 1. The van der Waals surface area contributed by atoms with Crippen molar-refractivity contribution in [1.29, 1.82) is 0 Å². The minimum absolute atomic E-state index is 0.122. The van der Waals surface area contributed by atoms with Gasteiger partial charge in [0, 0.05) is 11.7 Å². The Bertz CT molecular complexity index is 499. The molecular formula is C14H13ClFN. The van der Waals surface area contributed by atoms with Gasteiger partial charge in [0.2, 0.25) is 0 Å². The summed E-state index contributed by atoms with van der Waals surface area (Å²) in [4.78, 5) is 0. The fourth-order valence-corrected chi connectivity index (χ4v) is 1.78. The monoisotopic (exact) mass is 249 g/mol. The first-order chi connectivity index (χ1) is 8.16. The summed E-state index contributed by atoms with van der Waals surface area (Å²) in [6.45, 7) is 2.03. The lowest BCUT2D eigenvalue weighted by molar-refractivity contribution is 0.628. The van der Waals surface area contributed by atoms with Crippen molar-refractivity contribution < 1.29 is 4.39 Å². The van der Waals surface area contributed by atoms with Crippen LogP contribution in [-0.2, 0) is 0 Å². The first-order valence-corrected chi connectivity index (χ1v) is 5.81. The quantitative estimate of drug-likeness (QED) is 0.835. The van der Waals surface area contributed by atoms with Crippen LogP contribution in [0.1, 0.15) is 18.5 Å². The largest absolute Gasteiger partial charge is 0.378 e. The second-order valence-electron chi connectivity index (χ2n) is 3.91. The molecule has 0 heterocycles. The molecule has 2 rings (SSSR count). The normalized spacial score (nSPS) is 12.2. The second-order valence-corrected chi connectivity index (χ2v) is 4.31. The zero-order chi connectivity index (χ0) is 12.3. The zero-order valence-electron chi connectivity index (χ0n) is 9.45. The topological polar surface area (TPSA) is 12.0 Å². The summed E-state index contributed by atoms with van der Waals surface area (Å²) in [5, 5.41) is 3.37. The number of rotatable bonds is 3. The molecule has 1 N–H and O–H groups in total. The van der Waals surface area contributed by atoms with Crippen LogP contribution >= 0.6 is 11.6 Å². The van der Waals surface area contributed by atoms with Crippen molar-refractivity contribution in [2.75, 3.05) is 5.32 Å². The lowest BCUT2D eigenvalue weighted by atomic mass is 10.1. The summed E-state index contributed by atoms with van der Waals surface area (Å²) in [5.41, 5.74) is 1.88. The van der Waals surface area contributed by atoms with Gasteiger partial charge in [0.15, 0.2) is 0 Å². The van der Waals surface area contributed by atoms with E-state index in [0.717, 1.165) is 11.3 Å². The van der Waals surface area contributed by atoms with Gasteiger partial charge in [-0.3, -0.25) is 0 Å². The second kappa shape index (κ2) is 5.19. The highest BCUT2D eigenvalue weighted by Crippen LogP contribution is 2.22. The van der Waals surface area contributed by atoms with Crippen LogP contribution in [0.25, 0.3) is 0 Å². The number of nitrogens with one attached hydrogen (secondary N) is 1. The predicted octanol–water partition coefficient (Wildman–Crippen LogP) is 4.65. The van der Waals surface area contributed by atoms with Gasteiger partial charge in [-0.2, -0.15) is 0 Å². The van der Waals surface area contributed by atoms with Crippen LogP contribution in [0.5, 0.6) is 0 Å². The average molecular weight is 250 g/mol. The highest BCUT2D eigenvalue weighted by molar-refractivity contribution is 6.30. The van der Waals surface area contributed by atoms with Crippen LogP contribution in [0, 0.1) is 5.82 Å². The van der Waals surface area contributed by atoms with Crippen molar-refractivity contribution in [3.05, 3.63) is 64.9 Å². The van der Waals surface area contributed by atoms with E-state index in [1.165, 1.54) is 6.07 Å². The molecule has 0 aliphatic heterocycles. The van der Waals surface area contributed by atoms with E-state index in [4.69, 9.17) is 11.6 Å². The van der Waals surface area contributed by atoms with E-state index in [0.29, 0.717) is 0 Å². The zero-order valence-corrected chi connectivity index (χ0v) is 10.2. The molecule has 88 valence electrons. The van der Waals surface area contributed by atoms with Crippen LogP contribution < -0.4 is 5.32 Å². The van der Waals surface area contributed by atoms with Gasteiger partial charge in [-0.25, -0.2) is 4.39 Å². The molecule has 3 heteroatoms. The molecule has 1 atom stereocenters. The molecule has 0 aliphatic carbocycles. The van der Waals surface area contributed by atoms with Crippen molar-refractivity contribution in [2.45, 2.75) is 13.0 Å². The lowest BCUT2D eigenvalue weighted by Gasteiger charge is -2.15. The van der Waals surface area contributed by atoms with Gasteiger partial charge < -0.3 is 5.32 Å². The van der Waals surface area contributed by atoms with Gasteiger partial charge in [0.25, 0.3) is 0 Å². The van der Waals surface area contributed by atoms with Gasteiger partial charge in [0.1, 0.15) is 5.82 Å². The number of hydrogen-bond donors (Lipinski definition) is 1. The Morgan fingerprint density at radius 3 is 2.47 bits per heavy atom. The Morgan fingerprint density at radius 2 is 1.82 bits per heavy atom. The third kappa shape index (κ3) is 2.98. The summed E-state index contributed by atoms with van der Waals surface area (Å²) >= 11 is 5.63. The smallest absolute Gasteiger partial charge is 0.143 e. The Balaban J connectivity index is 2.13. The molecule has 0 aromatic heterocycles. The van der Waals surface area contributed by atoms with Crippen molar-refractivity contribution in [3.63, 3.8) is 0 Å². The van der Waals surface area contributed by atoms with Crippen LogP contribution in [0.4, 0.5) is 10.1 Å². The summed E-state index contributed by atoms with van der Waals surface area (Å²) < 4.78 is 13.3. The molecule has 0 amide bonds. The molecule has 0 saturated heterocycles. The lowest BCUT2D eigenvalue weighted by Crippen LogP contribution is -2.06. The van der Waals surface area contributed by atoms with E-state index in [-0.39, 0.29) is 11.1 Å². The minimum Gasteiger partial charge on any atom is -0.378 e. The summed E-state index contributed by atoms with van der Waals surface area (Å²) in [6, 6.07) is 14.8. The predicted molar refractivity (Wildman–Crippen MR) is 69.9 cm³/mol. The van der Waals surface area contributed by atoms with E-state index < -0.39 is 5.82 Å². The van der Waals surface area contributed by atoms with E-state index in [1.807, 2.05) is 37.3 Å². The van der Waals surface area contributed by atoms with Crippen LogP contribution in [-0.4, -0.2) is 0 Å². The summed E-state index contributed by atoms with van der Waals surface area (Å²) in [7, 11) is 0. The third-order valence-electron chi connectivity index (χ3n) is 2.60. The van der Waals surface area contributed by atoms with Gasteiger partial charge in [-0.15, -0.1) is 0 Å². The fraction of sp³-hybridized carbons (Fsp3) is 0.143. The van der Waals surface area contributed by atoms with Gasteiger partial charge in [-0.1, -0.05) is 41.9 Å². The number of halogens is 2. The maximum atomic E-state index is 13.3. The Hall–Kier alpha value is -1.54. The Morgan fingerprint density at radius 1 is 1.12 bits per heavy atom. The van der Waals surface area contributed by atoms with Crippen LogP contribution in [0.2, 0.25) is 5.02 Å². The highest BCUT2D eigenvalue weighted by Gasteiger charge is 2.06. The summed E-state index contributed by atoms with van der Waals surface area (Å²) in [5.74, 6) is -0.406. The maximum absolute atomic E-state index is 13.3. The molecule has 0 spiro atoms. The van der Waals surface area contributed by atoms with Crippen molar-refractivity contribution >= 4 is 17.3 Å². The highest BCUT2D eigenvalue weighted by atomic mass is 35.5. The molecule has 0 saturated carbocycles. The van der Waals surface area contributed by atoms with E-state index >= 15 is 0 Å². The van der Waals surface area contributed by atoms with Gasteiger partial charge >= 0.3 is 0 Å². The molecule has 1 nitrogen and oxygen atoms in total. The Labute approximate surface area is 105 Å². The van der Waals surface area contributed by atoms with Gasteiger partial charge in [0.05, 0.1) is 5.02 Å². The van der Waals surface area contributed by atoms with Gasteiger partial charge in [-0.05, 0) is 30.7 Å². The van der Waals surface area contributed by atoms with Crippen molar-refractivity contribution in [2.24, 2.45) is 0 Å². The molecule has 17 heavy (non-hydrogen) atoms. The van der Waals surface area contributed by atoms with E-state index in [1.54, 1.807) is 12.1 Å². The molecule has 0 aliphatic rings. The van der Waals surface area contributed by atoms with Crippen molar-refractivity contribution in [3.8, 4) is 0 Å². The standard InChI is InChI=1S/C14H13ClFN/c1-10(11-5-3-2-4-6-11)17-12-7-8-13(15)14(16)9-12/h2-10,17H,1H3. The molecule has 2 aromatic rings. The van der Waals surface area contributed by atoms with Crippen LogP contribution in [0.15, 0.2) is 48.5 Å². The Kier molecular flexibility index (Phi) is 3.64. The number of hydrogen-bond acceptors (Lipinski definition) is 1. The molecular weight excluding hydrogens is 237 g/mol. The number of benzene rings is 2. The first-order valence-electron chi connectivity index (χ1n) is 5.43. The third-order valence-corrected chi connectivity index (χ3v) is 2.91. The summed E-state index contributed by atoms with van der Waals surface area (Å²) in [6.07, 6.45) is 0. The van der Waals surface area contributed by atoms with E-state index in [2.05, 4.69) is 5.32 Å². The molecule has 2 aromatic carbocycles. The molecule has 0 fully saturated rings. The fourth-order valence-electron chi connectivity index (χ4n) is 1.66. The van der Waals surface area contributed by atoms with Crippen molar-refractivity contribution in [1.82, 2.24) is 0 Å². The maximum Gasteiger partial charge on any atom is 0.143 e. The molecule has 0 bridgehead atoms. The van der Waals surface area contributed by atoms with E-state index in [9.17, 15) is 4.39 Å². The molecule has 1 unspecified atom stereocenters.